The summed E-state index contributed by atoms with van der Waals surface area (Å²) in [6.45, 7) is 2.64. The first kappa shape index (κ1) is 49.7. The number of hydrogen-bond donors (Lipinski definition) is 3. The highest BCUT2D eigenvalue weighted by Gasteiger charge is 2.28. The predicted molar refractivity (Wildman–Crippen MR) is 208 cm³/mol. The van der Waals surface area contributed by atoms with Gasteiger partial charge in [0.25, 0.3) is 0 Å². The van der Waals surface area contributed by atoms with E-state index in [0.29, 0.717) is 6.42 Å². The summed E-state index contributed by atoms with van der Waals surface area (Å²) >= 11 is 0. The molecule has 3 atom stereocenters. The molecule has 0 bridgehead atoms. The lowest BCUT2D eigenvalue weighted by atomic mass is 10.1. The van der Waals surface area contributed by atoms with Gasteiger partial charge in [0.2, 0.25) is 0 Å². The molecular weight excluding hydrogens is 685 g/mol. The largest absolute Gasteiger partial charge is 0.480 e. The van der Waals surface area contributed by atoms with Crippen LogP contribution in [0, 0.1) is 0 Å². The fourth-order valence-corrected chi connectivity index (χ4v) is 6.04. The molecule has 0 aliphatic rings. The molecule has 11 nitrogen and oxygen atoms in total. The number of ether oxygens (including phenoxy) is 2. The quantitative estimate of drug-likeness (QED) is 0.0137. The highest BCUT2D eigenvalue weighted by atomic mass is 31.2. The second kappa shape index (κ2) is 35.7. The minimum absolute atomic E-state index is 0.122. The van der Waals surface area contributed by atoms with E-state index in [1.807, 2.05) is 6.08 Å². The summed E-state index contributed by atoms with van der Waals surface area (Å²) in [5.41, 5.74) is 5.31. The van der Waals surface area contributed by atoms with Crippen molar-refractivity contribution in [3.8, 4) is 0 Å². The van der Waals surface area contributed by atoms with Gasteiger partial charge in [0.15, 0.2) is 6.10 Å². The zero-order valence-corrected chi connectivity index (χ0v) is 33.3. The number of carbonyl (C=O) groups excluding carboxylic acids is 2. The number of rotatable bonds is 37. The van der Waals surface area contributed by atoms with Crippen molar-refractivity contribution in [2.45, 2.75) is 180 Å². The van der Waals surface area contributed by atoms with Gasteiger partial charge >= 0.3 is 25.7 Å². The normalized spacial score (nSPS) is 14.2. The second-order valence-electron chi connectivity index (χ2n) is 13.5. The molecule has 0 aromatic rings. The van der Waals surface area contributed by atoms with Crippen LogP contribution in [0.4, 0.5) is 0 Å². The maximum absolute atomic E-state index is 12.5. The zero-order valence-electron chi connectivity index (χ0n) is 32.4. The summed E-state index contributed by atoms with van der Waals surface area (Å²) in [4.78, 5) is 45.6. The molecule has 0 spiro atoms. The molecule has 0 radical (unpaired) electrons. The van der Waals surface area contributed by atoms with Crippen LogP contribution in [0.2, 0.25) is 0 Å². The summed E-state index contributed by atoms with van der Waals surface area (Å²) in [5.74, 6) is -2.66. The number of carbonyl (C=O) groups is 3. The van der Waals surface area contributed by atoms with E-state index in [0.717, 1.165) is 38.5 Å². The molecule has 0 fully saturated rings. The molecule has 302 valence electrons. The Morgan fingerprint density at radius 1 is 0.635 bits per heavy atom. The average Bonchev–Trinajstić information content (AvgIpc) is 3.12. The lowest BCUT2D eigenvalue weighted by Crippen LogP contribution is -2.34. The number of carboxylic acids is 1. The minimum Gasteiger partial charge on any atom is -0.480 e. The van der Waals surface area contributed by atoms with Crippen molar-refractivity contribution in [1.82, 2.24) is 0 Å². The van der Waals surface area contributed by atoms with Gasteiger partial charge in [0.1, 0.15) is 12.6 Å². The van der Waals surface area contributed by atoms with E-state index < -0.39 is 57.7 Å². The number of esters is 2. The van der Waals surface area contributed by atoms with Crippen LogP contribution in [-0.2, 0) is 37.5 Å². The second-order valence-corrected chi connectivity index (χ2v) is 14.9. The van der Waals surface area contributed by atoms with Gasteiger partial charge in [0, 0.05) is 12.5 Å². The van der Waals surface area contributed by atoms with Crippen LogP contribution in [0.15, 0.2) is 36.5 Å². The van der Waals surface area contributed by atoms with Crippen molar-refractivity contribution in [3.05, 3.63) is 36.5 Å². The first-order valence-corrected chi connectivity index (χ1v) is 21.6. The Hall–Kier alpha value is -2.30. The Kier molecular flexibility index (Phi) is 34.1. The Bertz CT molecular complexity index is 1030. The SMILES string of the molecule is CCCCCCCC/C=C/CCCCCC(=O)O[C@H](COC(=O)/C=C/C=C/CCCCCCCCCCCCC)COP(=O)(O)OC[C@H](N)C(=O)O. The molecule has 12 heteroatoms. The van der Waals surface area contributed by atoms with Gasteiger partial charge in [-0.1, -0.05) is 147 Å². The van der Waals surface area contributed by atoms with Gasteiger partial charge in [-0.2, -0.15) is 0 Å². The molecule has 0 aliphatic heterocycles. The number of carboxylic acid groups (broad SMARTS) is 1. The third-order valence-electron chi connectivity index (χ3n) is 8.46. The fourth-order valence-electron chi connectivity index (χ4n) is 5.27. The molecule has 1 unspecified atom stereocenters. The lowest BCUT2D eigenvalue weighted by molar-refractivity contribution is -0.159. The third kappa shape index (κ3) is 34.8. The van der Waals surface area contributed by atoms with Crippen molar-refractivity contribution in [1.29, 1.82) is 0 Å². The Labute approximate surface area is 314 Å². The van der Waals surface area contributed by atoms with Gasteiger partial charge in [-0.05, 0) is 44.9 Å². The minimum atomic E-state index is -4.73. The molecule has 0 aromatic carbocycles. The molecule has 4 N–H and O–H groups in total. The Morgan fingerprint density at radius 3 is 1.62 bits per heavy atom. The van der Waals surface area contributed by atoms with Crippen LogP contribution in [0.5, 0.6) is 0 Å². The number of allylic oxidation sites excluding steroid dienone is 5. The molecule has 52 heavy (non-hydrogen) atoms. The molecule has 0 saturated carbocycles. The number of phosphoric acid groups is 1. The summed E-state index contributed by atoms with van der Waals surface area (Å²) in [6, 6.07) is -1.53. The molecule has 0 aromatic heterocycles. The topological polar surface area (TPSA) is 172 Å². The van der Waals surface area contributed by atoms with E-state index in [2.05, 4.69) is 30.5 Å². The summed E-state index contributed by atoms with van der Waals surface area (Å²) in [6.07, 6.45) is 37.1. The van der Waals surface area contributed by atoms with Crippen LogP contribution in [0.1, 0.15) is 168 Å². The van der Waals surface area contributed by atoms with Gasteiger partial charge in [-0.15, -0.1) is 0 Å². The number of hydrogen-bond acceptors (Lipinski definition) is 9. The molecule has 0 rings (SSSR count). The highest BCUT2D eigenvalue weighted by Crippen LogP contribution is 2.43. The Morgan fingerprint density at radius 2 is 1.10 bits per heavy atom. The molecule has 0 aliphatic carbocycles. The van der Waals surface area contributed by atoms with E-state index in [1.54, 1.807) is 12.2 Å². The zero-order chi connectivity index (χ0) is 38.5. The average molecular weight is 758 g/mol. The van der Waals surface area contributed by atoms with E-state index in [9.17, 15) is 23.8 Å². The van der Waals surface area contributed by atoms with Crippen molar-refractivity contribution in [3.63, 3.8) is 0 Å². The van der Waals surface area contributed by atoms with E-state index >= 15 is 0 Å². The number of phosphoric ester groups is 1. The van der Waals surface area contributed by atoms with E-state index in [-0.39, 0.29) is 6.42 Å². The summed E-state index contributed by atoms with van der Waals surface area (Å²) in [5, 5.41) is 8.86. The van der Waals surface area contributed by atoms with Crippen molar-refractivity contribution >= 4 is 25.7 Å². The lowest BCUT2D eigenvalue weighted by Gasteiger charge is -2.20. The summed E-state index contributed by atoms with van der Waals surface area (Å²) in [7, 11) is -4.73. The van der Waals surface area contributed by atoms with Gasteiger partial charge in [-0.3, -0.25) is 18.6 Å². The van der Waals surface area contributed by atoms with E-state index in [4.69, 9.17) is 24.8 Å². The van der Waals surface area contributed by atoms with Crippen LogP contribution in [0.3, 0.4) is 0 Å². The standard InChI is InChI=1S/C40H72NO10P/c1-3-5-7-9-11-13-15-17-18-20-21-23-25-27-29-31-38(42)48-33-36(34-49-52(46,47)50-35-37(41)40(44)45)51-39(43)32-30-28-26-24-22-19-16-14-12-10-8-6-4-2/h19,22,25,27,29,31,36-37H,3-18,20-21,23-24,26,28,30,32-35,41H2,1-2H3,(H,44,45)(H,46,47)/b22-19+,27-25+,31-29+/t36-,37+/m1/s1. The molecule has 0 heterocycles. The molecular formula is C40H72NO10P. The number of nitrogens with two attached hydrogens (primary N) is 1. The molecule has 0 amide bonds. The van der Waals surface area contributed by atoms with Crippen LogP contribution in [0.25, 0.3) is 0 Å². The maximum atomic E-state index is 12.5. The van der Waals surface area contributed by atoms with Crippen molar-refractivity contribution in [2.24, 2.45) is 5.73 Å². The van der Waals surface area contributed by atoms with Crippen LogP contribution >= 0.6 is 7.82 Å². The first-order valence-electron chi connectivity index (χ1n) is 20.1. The van der Waals surface area contributed by atoms with Gasteiger partial charge in [0.05, 0.1) is 13.2 Å². The smallest absolute Gasteiger partial charge is 0.472 e. The number of unbranched alkanes of at least 4 members (excludes halogenated alkanes) is 20. The van der Waals surface area contributed by atoms with Crippen LogP contribution < -0.4 is 5.73 Å². The van der Waals surface area contributed by atoms with Gasteiger partial charge < -0.3 is 25.2 Å². The van der Waals surface area contributed by atoms with Crippen LogP contribution in [-0.4, -0.2) is 59.9 Å². The van der Waals surface area contributed by atoms with Gasteiger partial charge in [-0.25, -0.2) is 9.36 Å². The molecule has 0 saturated heterocycles. The first-order chi connectivity index (χ1) is 25.1. The number of aliphatic carboxylic acids is 1. The summed E-state index contributed by atoms with van der Waals surface area (Å²) < 4.78 is 32.4. The Balaban J connectivity index is 4.54. The fraction of sp³-hybridized carbons (Fsp3) is 0.775. The van der Waals surface area contributed by atoms with Crippen molar-refractivity contribution in [2.75, 3.05) is 19.8 Å². The highest BCUT2D eigenvalue weighted by molar-refractivity contribution is 7.47. The maximum Gasteiger partial charge on any atom is 0.472 e. The van der Waals surface area contributed by atoms with E-state index in [1.165, 1.54) is 109 Å². The third-order valence-corrected chi connectivity index (χ3v) is 9.41. The van der Waals surface area contributed by atoms with Crippen molar-refractivity contribution < 1.29 is 47.5 Å². The monoisotopic (exact) mass is 757 g/mol. The predicted octanol–water partition coefficient (Wildman–Crippen LogP) is 10.1.